The summed E-state index contributed by atoms with van der Waals surface area (Å²) in [5, 5.41) is 20.7. The Morgan fingerprint density at radius 3 is 2.45 bits per heavy atom. The standard InChI is InChI=1S/C12H20N2O6/c1-12(2,3)20-11(19)13-5-9(16)14-6-7(15)4-8(14)10(17)18/h7-8,15H,4-6H2,1-3H3,(H,13,19)(H,17,18). The topological polar surface area (TPSA) is 116 Å². The highest BCUT2D eigenvalue weighted by atomic mass is 16.6. The van der Waals surface area contributed by atoms with Crippen molar-refractivity contribution in [2.75, 3.05) is 13.1 Å². The Kier molecular flexibility index (Phi) is 4.93. The van der Waals surface area contributed by atoms with E-state index in [4.69, 9.17) is 9.84 Å². The number of carboxylic acids is 1. The number of aliphatic carboxylic acids is 1. The molecule has 1 saturated heterocycles. The van der Waals surface area contributed by atoms with E-state index in [0.717, 1.165) is 4.90 Å². The Hall–Kier alpha value is -1.83. The van der Waals surface area contributed by atoms with Crippen molar-refractivity contribution in [3.63, 3.8) is 0 Å². The molecule has 0 radical (unpaired) electrons. The molecule has 0 aliphatic carbocycles. The fourth-order valence-corrected chi connectivity index (χ4v) is 1.89. The molecule has 0 saturated carbocycles. The zero-order chi connectivity index (χ0) is 15.5. The van der Waals surface area contributed by atoms with Crippen molar-refractivity contribution in [3.05, 3.63) is 0 Å². The third-order valence-electron chi connectivity index (χ3n) is 2.67. The lowest BCUT2D eigenvalue weighted by atomic mass is 10.2. The second-order valence-electron chi connectivity index (χ2n) is 5.65. The Balaban J connectivity index is 2.50. The number of amides is 2. The minimum absolute atomic E-state index is 0.00644. The zero-order valence-corrected chi connectivity index (χ0v) is 11.8. The predicted molar refractivity (Wildman–Crippen MR) is 68.0 cm³/mol. The Bertz CT molecular complexity index is 403. The van der Waals surface area contributed by atoms with Crippen LogP contribution in [0.3, 0.4) is 0 Å². The van der Waals surface area contributed by atoms with E-state index < -0.39 is 35.7 Å². The third kappa shape index (κ3) is 4.69. The highest BCUT2D eigenvalue weighted by molar-refractivity contribution is 5.87. The first-order valence-corrected chi connectivity index (χ1v) is 6.27. The summed E-state index contributed by atoms with van der Waals surface area (Å²) in [6, 6.07) is -1.06. The van der Waals surface area contributed by atoms with Crippen molar-refractivity contribution >= 4 is 18.0 Å². The van der Waals surface area contributed by atoms with Crippen LogP contribution in [0, 0.1) is 0 Å². The molecule has 1 rings (SSSR count). The van der Waals surface area contributed by atoms with E-state index in [9.17, 15) is 19.5 Å². The fraction of sp³-hybridized carbons (Fsp3) is 0.750. The van der Waals surface area contributed by atoms with E-state index >= 15 is 0 Å². The fourth-order valence-electron chi connectivity index (χ4n) is 1.89. The number of carboxylic acid groups (broad SMARTS) is 1. The summed E-state index contributed by atoms with van der Waals surface area (Å²) in [7, 11) is 0. The van der Waals surface area contributed by atoms with E-state index in [1.54, 1.807) is 20.8 Å². The molecule has 1 fully saturated rings. The van der Waals surface area contributed by atoms with Crippen LogP contribution in [-0.2, 0) is 14.3 Å². The van der Waals surface area contributed by atoms with Crippen molar-refractivity contribution in [3.8, 4) is 0 Å². The number of ether oxygens (including phenoxy) is 1. The van der Waals surface area contributed by atoms with Gasteiger partial charge in [0.05, 0.1) is 6.10 Å². The molecule has 1 aliphatic heterocycles. The van der Waals surface area contributed by atoms with E-state index in [-0.39, 0.29) is 19.5 Å². The van der Waals surface area contributed by atoms with Crippen molar-refractivity contribution in [1.29, 1.82) is 0 Å². The van der Waals surface area contributed by atoms with E-state index in [2.05, 4.69) is 5.32 Å². The molecule has 8 heteroatoms. The van der Waals surface area contributed by atoms with Gasteiger partial charge in [0.25, 0.3) is 0 Å². The molecule has 3 N–H and O–H groups in total. The Labute approximate surface area is 116 Å². The summed E-state index contributed by atoms with van der Waals surface area (Å²) in [6.07, 6.45) is -1.62. The number of alkyl carbamates (subject to hydrolysis) is 1. The van der Waals surface area contributed by atoms with Crippen LogP contribution in [0.2, 0.25) is 0 Å². The van der Waals surface area contributed by atoms with Crippen LogP contribution in [0.15, 0.2) is 0 Å². The van der Waals surface area contributed by atoms with Gasteiger partial charge < -0.3 is 25.2 Å². The molecule has 8 nitrogen and oxygen atoms in total. The van der Waals surface area contributed by atoms with E-state index in [0.29, 0.717) is 0 Å². The molecule has 0 bridgehead atoms. The first-order valence-electron chi connectivity index (χ1n) is 6.27. The van der Waals surface area contributed by atoms with Gasteiger partial charge in [-0.15, -0.1) is 0 Å². The number of nitrogens with zero attached hydrogens (tertiary/aromatic N) is 1. The Morgan fingerprint density at radius 2 is 1.95 bits per heavy atom. The monoisotopic (exact) mass is 288 g/mol. The zero-order valence-electron chi connectivity index (χ0n) is 11.8. The van der Waals surface area contributed by atoms with E-state index in [1.165, 1.54) is 0 Å². The van der Waals surface area contributed by atoms with Crippen molar-refractivity contribution < 1.29 is 29.3 Å². The Morgan fingerprint density at radius 1 is 1.35 bits per heavy atom. The van der Waals surface area contributed by atoms with Crippen molar-refractivity contribution in [1.82, 2.24) is 10.2 Å². The van der Waals surface area contributed by atoms with Crippen LogP contribution in [0.5, 0.6) is 0 Å². The number of aliphatic hydroxyl groups excluding tert-OH is 1. The molecule has 0 aromatic rings. The lowest BCUT2D eigenvalue weighted by Crippen LogP contribution is -2.46. The van der Waals surface area contributed by atoms with E-state index in [1.807, 2.05) is 0 Å². The lowest BCUT2D eigenvalue weighted by Gasteiger charge is -2.22. The minimum atomic E-state index is -1.17. The average Bonchev–Trinajstić information content (AvgIpc) is 2.66. The van der Waals surface area contributed by atoms with Gasteiger partial charge in [-0.2, -0.15) is 0 Å². The van der Waals surface area contributed by atoms with Gasteiger partial charge in [0.15, 0.2) is 0 Å². The smallest absolute Gasteiger partial charge is 0.408 e. The molecule has 2 amide bonds. The summed E-state index contributed by atoms with van der Waals surface area (Å²) in [5.41, 5.74) is -0.680. The third-order valence-corrected chi connectivity index (χ3v) is 2.67. The number of carbonyl (C=O) groups excluding carboxylic acids is 2. The molecule has 0 aromatic carbocycles. The summed E-state index contributed by atoms with van der Waals surface area (Å²) in [6.45, 7) is 4.64. The summed E-state index contributed by atoms with van der Waals surface area (Å²) in [4.78, 5) is 35.3. The number of hydrogen-bond acceptors (Lipinski definition) is 5. The highest BCUT2D eigenvalue weighted by Crippen LogP contribution is 2.18. The van der Waals surface area contributed by atoms with Crippen LogP contribution in [-0.4, -0.2) is 63.9 Å². The van der Waals surface area contributed by atoms with Gasteiger partial charge in [0.1, 0.15) is 18.2 Å². The molecular formula is C12H20N2O6. The van der Waals surface area contributed by atoms with Gasteiger partial charge in [0, 0.05) is 13.0 Å². The molecule has 0 aromatic heterocycles. The second kappa shape index (κ2) is 6.08. The van der Waals surface area contributed by atoms with Crippen LogP contribution >= 0.6 is 0 Å². The van der Waals surface area contributed by atoms with Gasteiger partial charge in [0.2, 0.25) is 5.91 Å². The van der Waals surface area contributed by atoms with Gasteiger partial charge in [-0.1, -0.05) is 0 Å². The number of β-amino-alcohol motifs (C(OH)–C–C–N with tert-alkyl or cyclic N) is 1. The van der Waals surface area contributed by atoms with Crippen molar-refractivity contribution in [2.45, 2.75) is 44.9 Å². The van der Waals surface area contributed by atoms with Gasteiger partial charge >= 0.3 is 12.1 Å². The molecule has 2 unspecified atom stereocenters. The van der Waals surface area contributed by atoms with Gasteiger partial charge in [-0.05, 0) is 20.8 Å². The maximum atomic E-state index is 11.9. The lowest BCUT2D eigenvalue weighted by molar-refractivity contribution is -0.147. The number of nitrogens with one attached hydrogen (secondary N) is 1. The maximum Gasteiger partial charge on any atom is 0.408 e. The summed E-state index contributed by atoms with van der Waals surface area (Å²) in [5.74, 6) is -1.74. The van der Waals surface area contributed by atoms with Crippen LogP contribution in [0.1, 0.15) is 27.2 Å². The first kappa shape index (κ1) is 16.2. The molecule has 20 heavy (non-hydrogen) atoms. The quantitative estimate of drug-likeness (QED) is 0.648. The average molecular weight is 288 g/mol. The normalized spacial score (nSPS) is 22.5. The highest BCUT2D eigenvalue weighted by Gasteiger charge is 2.38. The number of likely N-dealkylation sites (tertiary alicyclic amines) is 1. The van der Waals surface area contributed by atoms with Crippen LogP contribution in [0.25, 0.3) is 0 Å². The number of rotatable bonds is 3. The number of hydrogen-bond donors (Lipinski definition) is 3. The second-order valence-corrected chi connectivity index (χ2v) is 5.65. The molecule has 114 valence electrons. The van der Waals surface area contributed by atoms with Crippen LogP contribution in [0.4, 0.5) is 4.79 Å². The molecule has 1 aliphatic rings. The molecule has 0 spiro atoms. The van der Waals surface area contributed by atoms with Gasteiger partial charge in [-0.25, -0.2) is 9.59 Å². The SMILES string of the molecule is CC(C)(C)OC(=O)NCC(=O)N1CC(O)CC1C(=O)O. The molecule has 1 heterocycles. The predicted octanol–water partition coefficient (Wildman–Crippen LogP) is -0.442. The van der Waals surface area contributed by atoms with Crippen molar-refractivity contribution in [2.24, 2.45) is 0 Å². The van der Waals surface area contributed by atoms with Gasteiger partial charge in [-0.3, -0.25) is 4.79 Å². The molecule has 2 atom stereocenters. The molecular weight excluding hydrogens is 268 g/mol. The minimum Gasteiger partial charge on any atom is -0.480 e. The first-order chi connectivity index (χ1) is 9.10. The maximum absolute atomic E-state index is 11.9. The largest absolute Gasteiger partial charge is 0.480 e. The summed E-state index contributed by atoms with van der Waals surface area (Å²) >= 11 is 0. The van der Waals surface area contributed by atoms with Crippen LogP contribution < -0.4 is 5.32 Å². The number of carbonyl (C=O) groups is 3. The number of aliphatic hydroxyl groups is 1. The summed E-state index contributed by atoms with van der Waals surface area (Å²) < 4.78 is 4.96.